The first kappa shape index (κ1) is 10.9. The highest BCUT2D eigenvalue weighted by molar-refractivity contribution is 7.71. The van der Waals surface area contributed by atoms with Crippen LogP contribution in [-0.2, 0) is 0 Å². The van der Waals surface area contributed by atoms with E-state index in [1.807, 2.05) is 0 Å². The first-order valence-electron chi connectivity index (χ1n) is 4.60. The molecule has 0 saturated heterocycles. The Morgan fingerprint density at radius 1 is 1.31 bits per heavy atom. The fourth-order valence-corrected chi connectivity index (χ4v) is 1.68. The molecular formula is C11H8F2N2S. The number of nitrogens with one attached hydrogen (secondary N) is 1. The van der Waals surface area contributed by atoms with Crippen LogP contribution in [0.25, 0.3) is 11.3 Å². The smallest absolute Gasteiger partial charge is 0.197 e. The van der Waals surface area contributed by atoms with Crippen molar-refractivity contribution in [3.8, 4) is 11.3 Å². The molecule has 0 amide bonds. The van der Waals surface area contributed by atoms with E-state index >= 15 is 0 Å². The van der Waals surface area contributed by atoms with Crippen LogP contribution in [0.15, 0.2) is 24.3 Å². The van der Waals surface area contributed by atoms with Gasteiger partial charge in [-0.05, 0) is 37.3 Å². The molecule has 82 valence electrons. The van der Waals surface area contributed by atoms with Crippen LogP contribution >= 0.6 is 12.2 Å². The van der Waals surface area contributed by atoms with Crippen molar-refractivity contribution in [3.05, 3.63) is 46.4 Å². The van der Waals surface area contributed by atoms with Gasteiger partial charge >= 0.3 is 0 Å². The zero-order valence-corrected chi connectivity index (χ0v) is 9.24. The quantitative estimate of drug-likeness (QED) is 0.771. The summed E-state index contributed by atoms with van der Waals surface area (Å²) >= 11 is 4.88. The highest BCUT2D eigenvalue weighted by Crippen LogP contribution is 2.22. The summed E-state index contributed by atoms with van der Waals surface area (Å²) in [7, 11) is 0. The number of aromatic nitrogens is 2. The minimum atomic E-state index is -0.907. The second kappa shape index (κ2) is 4.09. The fraction of sp³-hybridized carbons (Fsp3) is 0.0909. The Bertz CT molecular complexity index is 593. The van der Waals surface area contributed by atoms with Crippen molar-refractivity contribution in [1.82, 2.24) is 9.97 Å². The van der Waals surface area contributed by atoms with Crippen LogP contribution in [0.2, 0.25) is 0 Å². The van der Waals surface area contributed by atoms with Crippen molar-refractivity contribution in [2.45, 2.75) is 6.92 Å². The molecule has 0 aliphatic heterocycles. The highest BCUT2D eigenvalue weighted by Gasteiger charge is 2.10. The topological polar surface area (TPSA) is 28.7 Å². The van der Waals surface area contributed by atoms with Gasteiger partial charge in [0.2, 0.25) is 0 Å². The van der Waals surface area contributed by atoms with Gasteiger partial charge in [-0.15, -0.1) is 0 Å². The molecule has 0 aliphatic carbocycles. The molecule has 0 spiro atoms. The summed E-state index contributed by atoms with van der Waals surface area (Å²) in [5.74, 6) is -1.80. The van der Waals surface area contributed by atoms with Crippen molar-refractivity contribution in [3.63, 3.8) is 0 Å². The van der Waals surface area contributed by atoms with Gasteiger partial charge in [-0.25, -0.2) is 13.8 Å². The van der Waals surface area contributed by atoms with E-state index in [0.29, 0.717) is 5.69 Å². The second-order valence-corrected chi connectivity index (χ2v) is 3.74. The van der Waals surface area contributed by atoms with Gasteiger partial charge in [-0.3, -0.25) is 0 Å². The molecule has 16 heavy (non-hydrogen) atoms. The molecule has 1 aromatic carbocycles. The Kier molecular flexibility index (Phi) is 2.78. The monoisotopic (exact) mass is 238 g/mol. The Morgan fingerprint density at radius 3 is 2.75 bits per heavy atom. The van der Waals surface area contributed by atoms with E-state index in [1.165, 1.54) is 12.1 Å². The molecular weight excluding hydrogens is 230 g/mol. The number of benzene rings is 1. The van der Waals surface area contributed by atoms with E-state index in [1.54, 1.807) is 13.0 Å². The van der Waals surface area contributed by atoms with E-state index < -0.39 is 11.6 Å². The summed E-state index contributed by atoms with van der Waals surface area (Å²) in [6.45, 7) is 1.78. The number of nitrogens with zero attached hydrogens (tertiary/aromatic N) is 1. The molecule has 5 heteroatoms. The van der Waals surface area contributed by atoms with E-state index in [2.05, 4.69) is 9.97 Å². The Balaban J connectivity index is 2.67. The van der Waals surface area contributed by atoms with Gasteiger partial charge in [0.05, 0.1) is 5.69 Å². The minimum absolute atomic E-state index is 0.114. The first-order chi connectivity index (χ1) is 7.58. The van der Waals surface area contributed by atoms with E-state index in [-0.39, 0.29) is 10.3 Å². The highest BCUT2D eigenvalue weighted by atomic mass is 32.1. The van der Waals surface area contributed by atoms with E-state index in [9.17, 15) is 8.78 Å². The molecule has 1 heterocycles. The van der Waals surface area contributed by atoms with Crippen LogP contribution < -0.4 is 0 Å². The van der Waals surface area contributed by atoms with Gasteiger partial charge in [0.25, 0.3) is 0 Å². The number of aryl methyl sites for hydroxylation is 1. The average molecular weight is 238 g/mol. The predicted molar refractivity (Wildman–Crippen MR) is 59.5 cm³/mol. The third-order valence-electron chi connectivity index (χ3n) is 2.11. The molecule has 0 aliphatic rings. The molecule has 0 radical (unpaired) electrons. The molecule has 1 N–H and O–H groups in total. The zero-order valence-electron chi connectivity index (χ0n) is 8.42. The molecule has 0 unspecified atom stereocenters. The number of halogens is 2. The Labute approximate surface area is 96.0 Å². The van der Waals surface area contributed by atoms with Crippen molar-refractivity contribution >= 4 is 12.2 Å². The lowest BCUT2D eigenvalue weighted by Crippen LogP contribution is -1.94. The number of hydrogen-bond acceptors (Lipinski definition) is 2. The van der Waals surface area contributed by atoms with E-state index in [0.717, 1.165) is 11.8 Å². The molecule has 0 fully saturated rings. The van der Waals surface area contributed by atoms with Crippen LogP contribution in [0.1, 0.15) is 5.69 Å². The Hall–Kier alpha value is -1.62. The number of hydrogen-bond donors (Lipinski definition) is 1. The van der Waals surface area contributed by atoms with Gasteiger partial charge in [-0.2, -0.15) is 0 Å². The predicted octanol–water partition coefficient (Wildman–Crippen LogP) is 3.39. The zero-order chi connectivity index (χ0) is 11.7. The van der Waals surface area contributed by atoms with Crippen molar-refractivity contribution < 1.29 is 8.78 Å². The number of H-pyrrole nitrogens is 1. The van der Waals surface area contributed by atoms with Crippen molar-refractivity contribution in [2.24, 2.45) is 0 Å². The maximum absolute atomic E-state index is 13.5. The molecule has 1 aromatic heterocycles. The van der Waals surface area contributed by atoms with Crippen LogP contribution in [0.3, 0.4) is 0 Å². The normalized spacial score (nSPS) is 10.4. The van der Waals surface area contributed by atoms with Gasteiger partial charge in [0, 0.05) is 11.3 Å². The van der Waals surface area contributed by atoms with Gasteiger partial charge in [0.15, 0.2) is 16.4 Å². The molecule has 0 atom stereocenters. The van der Waals surface area contributed by atoms with Crippen molar-refractivity contribution in [2.75, 3.05) is 0 Å². The summed E-state index contributed by atoms with van der Waals surface area (Å²) in [6.07, 6.45) is 0. The molecule has 2 rings (SSSR count). The number of rotatable bonds is 1. The maximum atomic E-state index is 13.5. The Morgan fingerprint density at radius 2 is 2.06 bits per heavy atom. The third kappa shape index (κ3) is 1.99. The van der Waals surface area contributed by atoms with Gasteiger partial charge < -0.3 is 4.98 Å². The molecule has 0 saturated carbocycles. The second-order valence-electron chi connectivity index (χ2n) is 3.36. The average Bonchev–Trinajstić information content (AvgIpc) is 2.20. The van der Waals surface area contributed by atoms with Crippen LogP contribution in [-0.4, -0.2) is 9.97 Å². The SMILES string of the molecule is Cc1cc(-c2cccc(F)c2F)nc(=S)[nH]1. The summed E-state index contributed by atoms with van der Waals surface area (Å²) in [5.41, 5.74) is 1.19. The van der Waals surface area contributed by atoms with Gasteiger partial charge in [-0.1, -0.05) is 6.07 Å². The third-order valence-corrected chi connectivity index (χ3v) is 2.30. The fourth-order valence-electron chi connectivity index (χ4n) is 1.42. The lowest BCUT2D eigenvalue weighted by atomic mass is 10.1. The van der Waals surface area contributed by atoms with Crippen LogP contribution in [0, 0.1) is 23.3 Å². The lowest BCUT2D eigenvalue weighted by molar-refractivity contribution is 0.511. The molecule has 2 nitrogen and oxygen atoms in total. The number of aromatic amines is 1. The summed E-state index contributed by atoms with van der Waals surface area (Å²) in [5, 5.41) is 0. The van der Waals surface area contributed by atoms with Crippen LogP contribution in [0.4, 0.5) is 8.78 Å². The van der Waals surface area contributed by atoms with Crippen molar-refractivity contribution in [1.29, 1.82) is 0 Å². The first-order valence-corrected chi connectivity index (χ1v) is 5.01. The maximum Gasteiger partial charge on any atom is 0.197 e. The standard InChI is InChI=1S/C11H8F2N2S/c1-6-5-9(15-11(16)14-6)7-3-2-4-8(12)10(7)13/h2-5H,1H3,(H,14,15,16). The summed E-state index contributed by atoms with van der Waals surface area (Å²) < 4.78 is 26.8. The van der Waals surface area contributed by atoms with Gasteiger partial charge in [0.1, 0.15) is 0 Å². The lowest BCUT2D eigenvalue weighted by Gasteiger charge is -2.04. The summed E-state index contributed by atoms with van der Waals surface area (Å²) in [4.78, 5) is 6.76. The summed E-state index contributed by atoms with van der Waals surface area (Å²) in [6, 6.07) is 5.59. The largest absolute Gasteiger partial charge is 0.335 e. The molecule has 0 bridgehead atoms. The van der Waals surface area contributed by atoms with Crippen LogP contribution in [0.5, 0.6) is 0 Å². The van der Waals surface area contributed by atoms with E-state index in [4.69, 9.17) is 12.2 Å². The molecule has 2 aromatic rings. The minimum Gasteiger partial charge on any atom is -0.335 e.